The van der Waals surface area contributed by atoms with Gasteiger partial charge in [0.05, 0.1) is 10.4 Å². The highest BCUT2D eigenvalue weighted by Gasteiger charge is 2.39. The van der Waals surface area contributed by atoms with Crippen LogP contribution in [0.2, 0.25) is 0 Å². The SMILES string of the molecule is CN(C)C(=O)CS(=O)(=O)c1ccc(-c2nc(C3(N)CCC3)no2)cc1.Cl. The summed E-state index contributed by atoms with van der Waals surface area (Å²) >= 11 is 0. The molecule has 0 unspecified atom stereocenters. The molecule has 3 rings (SSSR count). The summed E-state index contributed by atoms with van der Waals surface area (Å²) in [5, 5.41) is 3.94. The van der Waals surface area contributed by atoms with Crippen LogP contribution in [0.15, 0.2) is 33.7 Å². The van der Waals surface area contributed by atoms with E-state index in [4.69, 9.17) is 10.3 Å². The Bertz CT molecular complexity index is 889. The quantitative estimate of drug-likeness (QED) is 0.804. The van der Waals surface area contributed by atoms with Crippen LogP contribution >= 0.6 is 12.4 Å². The lowest BCUT2D eigenvalue weighted by Gasteiger charge is -2.34. The number of hydrogen-bond acceptors (Lipinski definition) is 7. The van der Waals surface area contributed by atoms with E-state index in [9.17, 15) is 13.2 Å². The first kappa shape index (κ1) is 20.3. The van der Waals surface area contributed by atoms with Gasteiger partial charge >= 0.3 is 0 Å². The molecule has 1 heterocycles. The summed E-state index contributed by atoms with van der Waals surface area (Å²) < 4.78 is 29.8. The highest BCUT2D eigenvalue weighted by molar-refractivity contribution is 7.92. The van der Waals surface area contributed by atoms with E-state index < -0.39 is 27.0 Å². The largest absolute Gasteiger partial charge is 0.348 e. The van der Waals surface area contributed by atoms with Crippen molar-refractivity contribution in [1.29, 1.82) is 0 Å². The van der Waals surface area contributed by atoms with E-state index in [-0.39, 0.29) is 17.3 Å². The standard InChI is InChI=1S/C16H20N4O4S.ClH/c1-20(2)13(21)10-25(22,23)12-6-4-11(5-7-12)14-18-15(19-24-14)16(17)8-3-9-16;/h4-7H,3,8-10,17H2,1-2H3;1H. The molecular weight excluding hydrogens is 380 g/mol. The average Bonchev–Trinajstić information content (AvgIpc) is 3.02. The Kier molecular flexibility index (Phi) is 5.74. The van der Waals surface area contributed by atoms with Gasteiger partial charge in [-0.1, -0.05) is 5.16 Å². The van der Waals surface area contributed by atoms with E-state index in [0.29, 0.717) is 17.3 Å². The number of carbonyl (C=O) groups excluding carboxylic acids is 1. The maximum absolute atomic E-state index is 12.3. The van der Waals surface area contributed by atoms with Crippen LogP contribution in [0.25, 0.3) is 11.5 Å². The minimum atomic E-state index is -3.69. The van der Waals surface area contributed by atoms with E-state index >= 15 is 0 Å². The lowest BCUT2D eigenvalue weighted by Crippen LogP contribution is -2.44. The summed E-state index contributed by atoms with van der Waals surface area (Å²) in [6, 6.07) is 6.01. The van der Waals surface area contributed by atoms with Gasteiger partial charge in [0, 0.05) is 19.7 Å². The Labute approximate surface area is 158 Å². The third kappa shape index (κ3) is 3.89. The number of benzene rings is 1. The van der Waals surface area contributed by atoms with Crippen molar-refractivity contribution in [2.75, 3.05) is 19.8 Å². The van der Waals surface area contributed by atoms with Gasteiger partial charge in [-0.05, 0) is 43.5 Å². The zero-order valence-electron chi connectivity index (χ0n) is 14.5. The Morgan fingerprint density at radius 1 is 1.27 bits per heavy atom. The maximum atomic E-state index is 12.3. The van der Waals surface area contributed by atoms with E-state index in [1.165, 1.54) is 31.1 Å². The Morgan fingerprint density at radius 2 is 1.88 bits per heavy atom. The smallest absolute Gasteiger partial charge is 0.257 e. The Balaban J connectivity index is 0.00000243. The van der Waals surface area contributed by atoms with Crippen LogP contribution in [0.4, 0.5) is 0 Å². The lowest BCUT2D eigenvalue weighted by atomic mass is 9.77. The third-order valence-electron chi connectivity index (χ3n) is 4.39. The minimum absolute atomic E-state index is 0. The molecule has 1 aromatic heterocycles. The monoisotopic (exact) mass is 400 g/mol. The number of aromatic nitrogens is 2. The molecule has 10 heteroatoms. The van der Waals surface area contributed by atoms with E-state index in [1.807, 2.05) is 0 Å². The van der Waals surface area contributed by atoms with Gasteiger partial charge in [-0.2, -0.15) is 4.98 Å². The second-order valence-corrected chi connectivity index (χ2v) is 8.49. The van der Waals surface area contributed by atoms with Crippen molar-refractivity contribution in [3.8, 4) is 11.5 Å². The van der Waals surface area contributed by atoms with Gasteiger partial charge in [-0.25, -0.2) is 8.42 Å². The molecule has 0 spiro atoms. The first-order valence-electron chi connectivity index (χ1n) is 7.88. The molecule has 142 valence electrons. The normalized spacial score (nSPS) is 15.7. The minimum Gasteiger partial charge on any atom is -0.348 e. The van der Waals surface area contributed by atoms with Gasteiger partial charge in [0.2, 0.25) is 5.91 Å². The molecule has 1 aliphatic carbocycles. The lowest BCUT2D eigenvalue weighted by molar-refractivity contribution is -0.125. The van der Waals surface area contributed by atoms with Crippen LogP contribution in [0.1, 0.15) is 25.1 Å². The molecule has 1 amide bonds. The number of carbonyl (C=O) groups is 1. The molecule has 0 atom stereocenters. The van der Waals surface area contributed by atoms with Crippen molar-refractivity contribution in [3.05, 3.63) is 30.1 Å². The van der Waals surface area contributed by atoms with Crippen molar-refractivity contribution in [1.82, 2.24) is 15.0 Å². The number of nitrogens with zero attached hydrogens (tertiary/aromatic N) is 3. The zero-order valence-corrected chi connectivity index (χ0v) is 16.1. The fraction of sp³-hybridized carbons (Fsp3) is 0.438. The van der Waals surface area contributed by atoms with E-state index in [0.717, 1.165) is 19.3 Å². The van der Waals surface area contributed by atoms with E-state index in [1.54, 1.807) is 12.1 Å². The first-order chi connectivity index (χ1) is 11.7. The number of halogens is 1. The first-order valence-corrected chi connectivity index (χ1v) is 9.53. The molecule has 26 heavy (non-hydrogen) atoms. The number of hydrogen-bond donors (Lipinski definition) is 1. The highest BCUT2D eigenvalue weighted by Crippen LogP contribution is 2.37. The predicted molar refractivity (Wildman–Crippen MR) is 97.4 cm³/mol. The number of amides is 1. The predicted octanol–water partition coefficient (Wildman–Crippen LogP) is 1.36. The topological polar surface area (TPSA) is 119 Å². The molecular formula is C16H21ClN4O4S. The van der Waals surface area contributed by atoms with Crippen molar-refractivity contribution >= 4 is 28.2 Å². The van der Waals surface area contributed by atoms with Gasteiger partial charge in [-0.3, -0.25) is 4.79 Å². The summed E-state index contributed by atoms with van der Waals surface area (Å²) in [7, 11) is -0.666. The molecule has 1 saturated carbocycles. The maximum Gasteiger partial charge on any atom is 0.257 e. The molecule has 2 N–H and O–H groups in total. The summed E-state index contributed by atoms with van der Waals surface area (Å²) in [6.45, 7) is 0. The van der Waals surface area contributed by atoms with Crippen molar-refractivity contribution < 1.29 is 17.7 Å². The number of sulfone groups is 1. The molecule has 0 aliphatic heterocycles. The second kappa shape index (κ2) is 7.34. The molecule has 0 radical (unpaired) electrons. The van der Waals surface area contributed by atoms with Crippen LogP contribution in [-0.2, 0) is 20.2 Å². The Hall–Kier alpha value is -1.97. The summed E-state index contributed by atoms with van der Waals surface area (Å²) in [5.41, 5.74) is 6.25. The van der Waals surface area contributed by atoms with Gasteiger partial charge in [0.15, 0.2) is 15.7 Å². The van der Waals surface area contributed by atoms with Gasteiger partial charge in [0.1, 0.15) is 5.75 Å². The third-order valence-corrected chi connectivity index (χ3v) is 6.01. The fourth-order valence-electron chi connectivity index (χ4n) is 2.50. The fourth-order valence-corrected chi connectivity index (χ4v) is 3.80. The Morgan fingerprint density at radius 3 is 2.38 bits per heavy atom. The summed E-state index contributed by atoms with van der Waals surface area (Å²) in [6.07, 6.45) is 2.69. The molecule has 1 aliphatic rings. The van der Waals surface area contributed by atoms with Crippen molar-refractivity contribution in [2.24, 2.45) is 5.73 Å². The molecule has 0 saturated heterocycles. The number of nitrogens with two attached hydrogens (primary N) is 1. The molecule has 0 bridgehead atoms. The number of rotatable bonds is 5. The van der Waals surface area contributed by atoms with Crippen molar-refractivity contribution in [2.45, 2.75) is 29.7 Å². The summed E-state index contributed by atoms with van der Waals surface area (Å²) in [4.78, 5) is 17.3. The molecule has 1 aromatic carbocycles. The van der Waals surface area contributed by atoms with Gasteiger partial charge in [0.25, 0.3) is 5.89 Å². The van der Waals surface area contributed by atoms with Gasteiger partial charge in [-0.15, -0.1) is 12.4 Å². The van der Waals surface area contributed by atoms with Crippen LogP contribution in [-0.4, -0.2) is 49.2 Å². The van der Waals surface area contributed by atoms with Crippen LogP contribution in [0.3, 0.4) is 0 Å². The van der Waals surface area contributed by atoms with Crippen LogP contribution in [0, 0.1) is 0 Å². The van der Waals surface area contributed by atoms with Crippen LogP contribution in [0.5, 0.6) is 0 Å². The van der Waals surface area contributed by atoms with Crippen LogP contribution < -0.4 is 5.73 Å². The zero-order chi connectivity index (χ0) is 18.2. The highest BCUT2D eigenvalue weighted by atomic mass is 35.5. The van der Waals surface area contributed by atoms with Gasteiger partial charge < -0.3 is 15.2 Å². The molecule has 8 nitrogen and oxygen atoms in total. The average molecular weight is 401 g/mol. The molecule has 1 fully saturated rings. The van der Waals surface area contributed by atoms with E-state index in [2.05, 4.69) is 10.1 Å². The van der Waals surface area contributed by atoms with Crippen molar-refractivity contribution in [3.63, 3.8) is 0 Å². The molecule has 2 aromatic rings. The second-order valence-electron chi connectivity index (χ2n) is 6.50. The summed E-state index contributed by atoms with van der Waals surface area (Å²) in [5.74, 6) is -0.277.